The van der Waals surface area contributed by atoms with Gasteiger partial charge in [0.2, 0.25) is 33.2 Å². The molecule has 4 aromatic rings. The Morgan fingerprint density at radius 2 is 1.33 bits per heavy atom. The van der Waals surface area contributed by atoms with Crippen LogP contribution in [0.3, 0.4) is 0 Å². The van der Waals surface area contributed by atoms with Crippen LogP contribution in [0.4, 0.5) is 28.4 Å². The number of aromatic hydroxyl groups is 2. The Balaban J connectivity index is 1.92. The molecule has 2 aromatic heterocycles. The van der Waals surface area contributed by atoms with Gasteiger partial charge in [0.25, 0.3) is 22.4 Å². The van der Waals surface area contributed by atoms with E-state index in [1.807, 2.05) is 0 Å². The molecule has 0 saturated heterocycles. The molecule has 0 radical (unpaired) electrons. The highest BCUT2D eigenvalue weighted by Gasteiger charge is 2.25. The van der Waals surface area contributed by atoms with Gasteiger partial charge in [-0.25, -0.2) is 17.3 Å². The van der Waals surface area contributed by atoms with Gasteiger partial charge < -0.3 is 20.2 Å². The first kappa shape index (κ1) is 36.1. The number of aromatic amines is 4. The molecule has 22 heteroatoms. The quantitative estimate of drug-likeness (QED) is 0.0509. The van der Waals surface area contributed by atoms with Crippen LogP contribution in [-0.2, 0) is 21.3 Å². The highest BCUT2D eigenvalue weighted by molar-refractivity contribution is 7.89. The first-order valence-corrected chi connectivity index (χ1v) is 17.2. The van der Waals surface area contributed by atoms with Crippen LogP contribution in [0.15, 0.2) is 71.3 Å². The smallest absolute Gasteiger partial charge is 0.283 e. The van der Waals surface area contributed by atoms with Crippen molar-refractivity contribution < 1.29 is 27.4 Å². The molecule has 2 heterocycles. The first-order chi connectivity index (χ1) is 22.7. The molecule has 4 rings (SSSR count). The van der Waals surface area contributed by atoms with Crippen molar-refractivity contribution in [3.05, 3.63) is 66.6 Å². The largest absolute Gasteiger partial charge is 0.493 e. The summed E-state index contributed by atoms with van der Waals surface area (Å²) in [4.78, 5) is 33.4. The Hall–Kier alpha value is -4.74. The maximum Gasteiger partial charge on any atom is 0.283 e. The van der Waals surface area contributed by atoms with Crippen LogP contribution in [0.1, 0.15) is 26.7 Å². The van der Waals surface area contributed by atoms with Crippen molar-refractivity contribution in [1.82, 2.24) is 24.7 Å². The summed E-state index contributed by atoms with van der Waals surface area (Å²) in [5.74, 6) is -1.28. The molecular formula is C26H28N10O8S4. The van der Waals surface area contributed by atoms with Gasteiger partial charge >= 0.3 is 0 Å². The maximum absolute atomic E-state index is 13.6. The Kier molecular flexibility index (Phi) is 11.6. The number of H-pyrrole nitrogens is 4. The number of sulfonamides is 1. The van der Waals surface area contributed by atoms with Crippen molar-refractivity contribution in [3.63, 3.8) is 0 Å². The Labute approximate surface area is 284 Å². The molecule has 0 saturated carbocycles. The third kappa shape index (κ3) is 8.39. The second kappa shape index (κ2) is 15.4. The average molecular weight is 737 g/mol. The zero-order valence-electron chi connectivity index (χ0n) is 25.0. The van der Waals surface area contributed by atoms with E-state index in [0.717, 1.165) is 4.31 Å². The molecule has 1 unspecified atom stereocenters. The van der Waals surface area contributed by atoms with Crippen LogP contribution < -0.4 is 20.1 Å². The fourth-order valence-electron chi connectivity index (χ4n) is 4.17. The predicted octanol–water partition coefficient (Wildman–Crippen LogP) is 5.13. The van der Waals surface area contributed by atoms with Gasteiger partial charge in [-0.1, -0.05) is 26.0 Å². The van der Waals surface area contributed by atoms with Gasteiger partial charge in [0.05, 0.1) is 22.0 Å². The lowest BCUT2D eigenvalue weighted by Gasteiger charge is -2.24. The number of benzene rings is 2. The predicted molar refractivity (Wildman–Crippen MR) is 182 cm³/mol. The summed E-state index contributed by atoms with van der Waals surface area (Å²) in [7, 11) is -4.24. The summed E-state index contributed by atoms with van der Waals surface area (Å²) < 4.78 is 53.3. The summed E-state index contributed by atoms with van der Waals surface area (Å²) in [6, 6.07) is 8.18. The minimum Gasteiger partial charge on any atom is -0.493 e. The maximum atomic E-state index is 13.6. The minimum atomic E-state index is -4.24. The molecule has 0 aliphatic carbocycles. The molecule has 0 fully saturated rings. The van der Waals surface area contributed by atoms with Crippen molar-refractivity contribution in [2.75, 3.05) is 17.4 Å². The van der Waals surface area contributed by atoms with Crippen molar-refractivity contribution in [1.29, 1.82) is 0 Å². The molecule has 18 nitrogen and oxygen atoms in total. The Morgan fingerprint density at radius 1 is 0.812 bits per heavy atom. The number of hydrogen-bond acceptors (Lipinski definition) is 13. The van der Waals surface area contributed by atoms with Crippen molar-refractivity contribution in [2.45, 2.75) is 31.6 Å². The van der Waals surface area contributed by atoms with Crippen molar-refractivity contribution in [2.24, 2.45) is 20.5 Å². The Morgan fingerprint density at radius 3 is 1.81 bits per heavy atom. The second-order valence-corrected chi connectivity index (χ2v) is 13.2. The monoisotopic (exact) mass is 736 g/mol. The van der Waals surface area contributed by atoms with Gasteiger partial charge in [-0.15, -0.1) is 10.2 Å². The number of hydrogen-bond donors (Lipinski definition) is 8. The number of rotatable bonds is 13. The molecule has 48 heavy (non-hydrogen) atoms. The van der Waals surface area contributed by atoms with E-state index in [2.05, 4.69) is 45.1 Å². The van der Waals surface area contributed by atoms with Gasteiger partial charge in [-0.3, -0.25) is 28.4 Å². The van der Waals surface area contributed by atoms with Crippen LogP contribution >= 0.6 is 24.4 Å². The van der Waals surface area contributed by atoms with Crippen LogP contribution in [0.25, 0.3) is 11.1 Å². The van der Waals surface area contributed by atoms with Crippen LogP contribution in [0.5, 0.6) is 11.8 Å². The van der Waals surface area contributed by atoms with Gasteiger partial charge in [0.15, 0.2) is 9.54 Å². The SMILES string of the molecule is CCCNS(=O)(=O)c1cc(N=Nc2c(O)[nH]c(=S)[nH]c2=O)ccc1-c1ccc(N=Nc2c(O)[nH]c(=S)[nH]c2=O)cc1N(CCC)S(=O)O. The molecular weight excluding hydrogens is 709 g/mol. The number of anilines is 1. The van der Waals surface area contributed by atoms with E-state index in [0.29, 0.717) is 12.8 Å². The summed E-state index contributed by atoms with van der Waals surface area (Å²) in [6.07, 6.45) is 0.887. The van der Waals surface area contributed by atoms with E-state index < -0.39 is 55.5 Å². The third-order valence-corrected chi connectivity index (χ3v) is 8.95. The summed E-state index contributed by atoms with van der Waals surface area (Å²) in [6.45, 7) is 3.69. The third-order valence-electron chi connectivity index (χ3n) is 6.28. The summed E-state index contributed by atoms with van der Waals surface area (Å²) in [5, 5.41) is 35.6. The molecule has 2 aromatic carbocycles. The fourth-order valence-corrected chi connectivity index (χ4v) is 6.58. The molecule has 0 aliphatic rings. The highest BCUT2D eigenvalue weighted by Crippen LogP contribution is 2.40. The number of nitrogens with zero attached hydrogens (tertiary/aromatic N) is 5. The normalized spacial score (nSPS) is 12.6. The topological polar surface area (TPSA) is 274 Å². The van der Waals surface area contributed by atoms with Crippen molar-refractivity contribution >= 4 is 74.2 Å². The van der Waals surface area contributed by atoms with Gasteiger partial charge in [0.1, 0.15) is 0 Å². The van der Waals surface area contributed by atoms with Crippen LogP contribution in [0.2, 0.25) is 0 Å². The van der Waals surface area contributed by atoms with Crippen LogP contribution in [-0.4, -0.2) is 60.4 Å². The Bertz CT molecular complexity index is 2280. The van der Waals surface area contributed by atoms with E-state index in [4.69, 9.17) is 24.4 Å². The molecule has 0 bridgehead atoms. The first-order valence-electron chi connectivity index (χ1n) is 13.9. The van der Waals surface area contributed by atoms with E-state index >= 15 is 0 Å². The molecule has 0 amide bonds. The number of azo groups is 2. The van der Waals surface area contributed by atoms with E-state index in [-0.39, 0.29) is 55.7 Å². The lowest BCUT2D eigenvalue weighted by molar-refractivity contribution is 0.450. The molecule has 0 spiro atoms. The standard InChI is InChI=1S/C26H28N10O8S4/c1-3-9-27-48(43,44)18-12-14(33-35-20-23(39)30-26(46)31-24(20)40)6-8-16(18)15-7-5-13(11-17(15)36(10-4-2)47(41)42)32-34-19-21(37)28-25(45)29-22(19)38/h5-8,11-12,27H,3-4,9-10H2,1-2H3,(H,41,42)(H3,28,29,37,38,45)(H3,30,31,39,40,46). The van der Waals surface area contributed by atoms with Gasteiger partial charge in [-0.2, -0.15) is 10.2 Å². The van der Waals surface area contributed by atoms with Crippen molar-refractivity contribution in [3.8, 4) is 22.9 Å². The van der Waals surface area contributed by atoms with E-state index in [1.165, 1.54) is 36.4 Å². The zero-order chi connectivity index (χ0) is 35.2. The second-order valence-electron chi connectivity index (χ2n) is 9.72. The summed E-state index contributed by atoms with van der Waals surface area (Å²) >= 11 is 7.04. The van der Waals surface area contributed by atoms with E-state index in [1.54, 1.807) is 13.8 Å². The average Bonchev–Trinajstić information content (AvgIpc) is 3.01. The number of nitrogens with one attached hydrogen (secondary N) is 5. The minimum absolute atomic E-state index is 0.0214. The lowest BCUT2D eigenvalue weighted by atomic mass is 10.0. The fraction of sp³-hybridized carbons (Fsp3) is 0.231. The molecule has 0 aliphatic heterocycles. The van der Waals surface area contributed by atoms with Gasteiger partial charge in [-0.05, 0) is 61.5 Å². The zero-order valence-corrected chi connectivity index (χ0v) is 28.3. The number of aromatic nitrogens is 4. The van der Waals surface area contributed by atoms with Crippen LogP contribution in [0, 0.1) is 9.54 Å². The molecule has 8 N–H and O–H groups in total. The van der Waals surface area contributed by atoms with E-state index in [9.17, 15) is 37.0 Å². The molecule has 1 atom stereocenters. The van der Waals surface area contributed by atoms with Gasteiger partial charge in [0, 0.05) is 24.2 Å². The highest BCUT2D eigenvalue weighted by atomic mass is 32.2. The summed E-state index contributed by atoms with van der Waals surface area (Å²) in [5.41, 5.74) is -2.20. The molecule has 254 valence electrons. The lowest BCUT2D eigenvalue weighted by Crippen LogP contribution is -2.27.